The molecule has 116 valence electrons. The maximum atomic E-state index is 11.5. The van der Waals surface area contributed by atoms with Crippen molar-refractivity contribution < 1.29 is 8.42 Å². The molecular formula is C14H22N4O2S. The molecule has 0 amide bonds. The van der Waals surface area contributed by atoms with E-state index in [-0.39, 0.29) is 17.5 Å². The number of hydrogen-bond acceptors (Lipinski definition) is 6. The van der Waals surface area contributed by atoms with E-state index in [1.165, 1.54) is 12.8 Å². The summed E-state index contributed by atoms with van der Waals surface area (Å²) in [6.07, 6.45) is 4.84. The number of hydrogen-bond donors (Lipinski definition) is 1. The zero-order valence-corrected chi connectivity index (χ0v) is 13.1. The maximum absolute atomic E-state index is 11.5. The van der Waals surface area contributed by atoms with Gasteiger partial charge in [-0.1, -0.05) is 6.92 Å². The first-order chi connectivity index (χ1) is 10.0. The summed E-state index contributed by atoms with van der Waals surface area (Å²) in [6, 6.07) is 1.86. The van der Waals surface area contributed by atoms with Crippen LogP contribution in [0.4, 0.5) is 11.8 Å². The molecule has 1 N–H and O–H groups in total. The van der Waals surface area contributed by atoms with Crippen molar-refractivity contribution in [3.8, 4) is 0 Å². The van der Waals surface area contributed by atoms with Gasteiger partial charge in [0.05, 0.1) is 11.5 Å². The Hall–Kier alpha value is -1.37. The molecule has 0 saturated carbocycles. The fourth-order valence-electron chi connectivity index (χ4n) is 3.08. The van der Waals surface area contributed by atoms with E-state index in [0.717, 1.165) is 18.9 Å². The third kappa shape index (κ3) is 3.64. The molecule has 1 aromatic heterocycles. The highest BCUT2D eigenvalue weighted by molar-refractivity contribution is 7.91. The van der Waals surface area contributed by atoms with Gasteiger partial charge in [0.2, 0.25) is 5.95 Å². The van der Waals surface area contributed by atoms with Crippen LogP contribution in [-0.4, -0.2) is 49.0 Å². The second-order valence-electron chi connectivity index (χ2n) is 6.18. The van der Waals surface area contributed by atoms with Gasteiger partial charge in [-0.15, -0.1) is 0 Å². The molecule has 3 heterocycles. The molecule has 2 aliphatic heterocycles. The highest BCUT2D eigenvalue weighted by Crippen LogP contribution is 2.22. The van der Waals surface area contributed by atoms with Gasteiger partial charge in [-0.25, -0.2) is 13.4 Å². The zero-order valence-electron chi connectivity index (χ0n) is 12.3. The number of nitrogens with zero attached hydrogens (tertiary/aromatic N) is 3. The minimum atomic E-state index is -2.88. The molecule has 0 spiro atoms. The van der Waals surface area contributed by atoms with E-state index >= 15 is 0 Å². The Balaban J connectivity index is 1.68. The maximum Gasteiger partial charge on any atom is 0.224 e. The van der Waals surface area contributed by atoms with Crippen LogP contribution in [0.15, 0.2) is 12.3 Å². The molecule has 2 aliphatic rings. The zero-order chi connectivity index (χ0) is 14.9. The van der Waals surface area contributed by atoms with Crippen LogP contribution < -0.4 is 10.2 Å². The fraction of sp³-hybridized carbons (Fsp3) is 0.714. The number of piperidine rings is 1. The van der Waals surface area contributed by atoms with E-state index in [4.69, 9.17) is 0 Å². The lowest BCUT2D eigenvalue weighted by Crippen LogP contribution is -2.35. The first-order valence-electron chi connectivity index (χ1n) is 7.57. The Bertz CT molecular complexity index is 605. The standard InChI is InChI=1S/C14H22N4O2S/c1-11-3-2-7-18(9-11)13-4-6-15-14(17-13)16-12-5-8-21(19,20)10-12/h4,6,11-12H,2-3,5,7-10H2,1H3,(H,15,16,17). The monoisotopic (exact) mass is 310 g/mol. The molecule has 6 nitrogen and oxygen atoms in total. The van der Waals surface area contributed by atoms with Crippen molar-refractivity contribution in [1.29, 1.82) is 0 Å². The Kier molecular flexibility index (Phi) is 4.01. The van der Waals surface area contributed by atoms with Crippen LogP contribution in [0.25, 0.3) is 0 Å². The minimum Gasteiger partial charge on any atom is -0.356 e. The predicted octanol–water partition coefficient (Wildman–Crippen LogP) is 1.31. The minimum absolute atomic E-state index is 0.0643. The van der Waals surface area contributed by atoms with Crippen LogP contribution in [0.5, 0.6) is 0 Å². The second-order valence-corrected chi connectivity index (χ2v) is 8.40. The van der Waals surface area contributed by atoms with Gasteiger partial charge in [-0.05, 0) is 31.2 Å². The van der Waals surface area contributed by atoms with E-state index in [9.17, 15) is 8.42 Å². The fourth-order valence-corrected chi connectivity index (χ4v) is 4.76. The Morgan fingerprint density at radius 2 is 2.24 bits per heavy atom. The van der Waals surface area contributed by atoms with Crippen LogP contribution in [0, 0.1) is 5.92 Å². The smallest absolute Gasteiger partial charge is 0.224 e. The summed E-state index contributed by atoms with van der Waals surface area (Å²) in [4.78, 5) is 11.1. The molecule has 21 heavy (non-hydrogen) atoms. The first-order valence-corrected chi connectivity index (χ1v) is 9.39. The summed E-state index contributed by atoms with van der Waals surface area (Å²) in [5.41, 5.74) is 0. The molecule has 1 aromatic rings. The summed E-state index contributed by atoms with van der Waals surface area (Å²) in [7, 11) is -2.88. The number of anilines is 2. The number of rotatable bonds is 3. The lowest BCUT2D eigenvalue weighted by Gasteiger charge is -2.31. The Morgan fingerprint density at radius 1 is 1.38 bits per heavy atom. The van der Waals surface area contributed by atoms with Crippen LogP contribution in [0.3, 0.4) is 0 Å². The Morgan fingerprint density at radius 3 is 2.95 bits per heavy atom. The van der Waals surface area contributed by atoms with Crippen LogP contribution in [-0.2, 0) is 9.84 Å². The molecule has 0 radical (unpaired) electrons. The van der Waals surface area contributed by atoms with Crippen molar-refractivity contribution in [3.63, 3.8) is 0 Å². The normalized spacial score (nSPS) is 28.5. The highest BCUT2D eigenvalue weighted by Gasteiger charge is 2.28. The van der Waals surface area contributed by atoms with Gasteiger partial charge in [0.25, 0.3) is 0 Å². The summed E-state index contributed by atoms with van der Waals surface area (Å²) < 4.78 is 23.0. The summed E-state index contributed by atoms with van der Waals surface area (Å²) in [5.74, 6) is 2.59. The predicted molar refractivity (Wildman–Crippen MR) is 83.3 cm³/mol. The number of sulfone groups is 1. The largest absolute Gasteiger partial charge is 0.356 e. The van der Waals surface area contributed by atoms with Gasteiger partial charge < -0.3 is 10.2 Å². The molecular weight excluding hydrogens is 288 g/mol. The number of aromatic nitrogens is 2. The Labute approximate surface area is 125 Å². The van der Waals surface area contributed by atoms with Crippen molar-refractivity contribution in [2.45, 2.75) is 32.2 Å². The molecule has 0 aliphatic carbocycles. The van der Waals surface area contributed by atoms with Crippen molar-refractivity contribution in [3.05, 3.63) is 12.3 Å². The SMILES string of the molecule is CC1CCCN(c2ccnc(NC3CCS(=O)(=O)C3)n2)C1. The summed E-state index contributed by atoms with van der Waals surface area (Å²) in [6.45, 7) is 4.31. The van der Waals surface area contributed by atoms with Gasteiger partial charge in [0.1, 0.15) is 5.82 Å². The summed E-state index contributed by atoms with van der Waals surface area (Å²) in [5, 5.41) is 3.16. The van der Waals surface area contributed by atoms with Gasteiger partial charge in [-0.3, -0.25) is 0 Å². The van der Waals surface area contributed by atoms with Crippen molar-refractivity contribution >= 4 is 21.6 Å². The van der Waals surface area contributed by atoms with E-state index < -0.39 is 9.84 Å². The molecule has 0 aromatic carbocycles. The van der Waals surface area contributed by atoms with Crippen LogP contribution in [0.1, 0.15) is 26.2 Å². The lowest BCUT2D eigenvalue weighted by atomic mass is 10.0. The van der Waals surface area contributed by atoms with Gasteiger partial charge in [0, 0.05) is 25.3 Å². The number of nitrogens with one attached hydrogen (secondary N) is 1. The van der Waals surface area contributed by atoms with Gasteiger partial charge in [-0.2, -0.15) is 4.98 Å². The second kappa shape index (κ2) is 5.79. The molecule has 2 fully saturated rings. The third-order valence-electron chi connectivity index (χ3n) is 4.19. The molecule has 0 bridgehead atoms. The van der Waals surface area contributed by atoms with Crippen molar-refractivity contribution in [2.75, 3.05) is 34.8 Å². The van der Waals surface area contributed by atoms with E-state index in [2.05, 4.69) is 27.1 Å². The molecule has 2 saturated heterocycles. The van der Waals surface area contributed by atoms with E-state index in [1.54, 1.807) is 6.20 Å². The van der Waals surface area contributed by atoms with Gasteiger partial charge >= 0.3 is 0 Å². The molecule has 7 heteroatoms. The quantitative estimate of drug-likeness (QED) is 0.907. The molecule has 3 rings (SSSR count). The highest BCUT2D eigenvalue weighted by atomic mass is 32.2. The van der Waals surface area contributed by atoms with E-state index in [0.29, 0.717) is 18.3 Å². The van der Waals surface area contributed by atoms with Crippen LogP contribution >= 0.6 is 0 Å². The third-order valence-corrected chi connectivity index (χ3v) is 5.96. The molecule has 2 unspecified atom stereocenters. The first kappa shape index (κ1) is 14.6. The van der Waals surface area contributed by atoms with E-state index in [1.807, 2.05) is 6.07 Å². The molecule has 2 atom stereocenters. The average molecular weight is 310 g/mol. The van der Waals surface area contributed by atoms with Crippen molar-refractivity contribution in [1.82, 2.24) is 9.97 Å². The van der Waals surface area contributed by atoms with Gasteiger partial charge in [0.15, 0.2) is 9.84 Å². The topological polar surface area (TPSA) is 75.2 Å². The summed E-state index contributed by atoms with van der Waals surface area (Å²) >= 11 is 0. The van der Waals surface area contributed by atoms with Crippen LogP contribution in [0.2, 0.25) is 0 Å². The lowest BCUT2D eigenvalue weighted by molar-refractivity contribution is 0.444. The van der Waals surface area contributed by atoms with Crippen molar-refractivity contribution in [2.24, 2.45) is 5.92 Å². The average Bonchev–Trinajstić information content (AvgIpc) is 2.78.